The first-order valence-electron chi connectivity index (χ1n) is 10.7. The van der Waals surface area contributed by atoms with Gasteiger partial charge in [-0.2, -0.15) is 5.10 Å². The predicted octanol–water partition coefficient (Wildman–Crippen LogP) is 3.30. The molecule has 1 aromatic carbocycles. The molecule has 0 bridgehead atoms. The number of hydrogen-bond acceptors (Lipinski definition) is 4. The summed E-state index contributed by atoms with van der Waals surface area (Å²) >= 11 is 0. The first-order chi connectivity index (χ1) is 15.2. The molecule has 1 aliphatic rings. The number of pyridine rings is 1. The Morgan fingerprint density at radius 1 is 1.10 bits per heavy atom. The van der Waals surface area contributed by atoms with E-state index in [1.54, 1.807) is 12.4 Å². The summed E-state index contributed by atoms with van der Waals surface area (Å²) in [4.78, 5) is 17.5. The van der Waals surface area contributed by atoms with Gasteiger partial charge < -0.3 is 15.0 Å². The molecule has 31 heavy (non-hydrogen) atoms. The SMILES string of the molecule is O=C(NC1CCCC[C@H]1O)c1cn(Cc2ccc(-n3cccn3)cc2)c2cccnc12. The Balaban J connectivity index is 1.40. The molecular formula is C24H25N5O2. The molecular weight excluding hydrogens is 390 g/mol. The number of benzene rings is 1. The number of hydrogen-bond donors (Lipinski definition) is 2. The van der Waals surface area contributed by atoms with Crippen molar-refractivity contribution in [2.75, 3.05) is 0 Å². The third kappa shape index (κ3) is 3.96. The maximum absolute atomic E-state index is 13.0. The average molecular weight is 415 g/mol. The van der Waals surface area contributed by atoms with Crippen molar-refractivity contribution in [1.82, 2.24) is 24.6 Å². The fourth-order valence-corrected chi connectivity index (χ4v) is 4.32. The van der Waals surface area contributed by atoms with Crippen molar-refractivity contribution < 1.29 is 9.90 Å². The highest BCUT2D eigenvalue weighted by molar-refractivity contribution is 6.05. The number of nitrogens with one attached hydrogen (secondary N) is 1. The third-order valence-corrected chi connectivity index (χ3v) is 5.98. The Hall–Kier alpha value is -3.45. The molecule has 2 N–H and O–H groups in total. The fourth-order valence-electron chi connectivity index (χ4n) is 4.32. The molecule has 1 aliphatic carbocycles. The minimum absolute atomic E-state index is 0.178. The molecule has 4 aromatic rings. The topological polar surface area (TPSA) is 85.0 Å². The van der Waals surface area contributed by atoms with Crippen LogP contribution in [0.1, 0.15) is 41.6 Å². The van der Waals surface area contributed by atoms with E-state index in [9.17, 15) is 9.90 Å². The van der Waals surface area contributed by atoms with E-state index in [2.05, 4.69) is 32.1 Å². The number of aliphatic hydroxyl groups excluding tert-OH is 1. The van der Waals surface area contributed by atoms with Crippen LogP contribution in [0.25, 0.3) is 16.7 Å². The van der Waals surface area contributed by atoms with E-state index in [4.69, 9.17) is 0 Å². The molecule has 3 heterocycles. The van der Waals surface area contributed by atoms with E-state index in [0.717, 1.165) is 42.5 Å². The Bertz CT molecular complexity index is 1180. The van der Waals surface area contributed by atoms with Gasteiger partial charge in [0.05, 0.1) is 28.9 Å². The van der Waals surface area contributed by atoms with Crippen LogP contribution in [0.5, 0.6) is 0 Å². The normalized spacial score (nSPS) is 18.9. The van der Waals surface area contributed by atoms with Crippen LogP contribution in [0, 0.1) is 0 Å². The highest BCUT2D eigenvalue weighted by Gasteiger charge is 2.26. The van der Waals surface area contributed by atoms with Crippen LogP contribution in [0.3, 0.4) is 0 Å². The number of nitrogens with zero attached hydrogens (tertiary/aromatic N) is 4. The molecule has 0 radical (unpaired) electrons. The zero-order valence-corrected chi connectivity index (χ0v) is 17.2. The monoisotopic (exact) mass is 415 g/mol. The summed E-state index contributed by atoms with van der Waals surface area (Å²) in [6, 6.07) is 13.8. The molecule has 1 unspecified atom stereocenters. The van der Waals surface area contributed by atoms with E-state index >= 15 is 0 Å². The van der Waals surface area contributed by atoms with Gasteiger partial charge in [0.15, 0.2) is 0 Å². The molecule has 1 amide bonds. The molecule has 3 aromatic heterocycles. The lowest BCUT2D eigenvalue weighted by atomic mass is 9.92. The molecule has 1 fully saturated rings. The molecule has 1 saturated carbocycles. The van der Waals surface area contributed by atoms with Crippen molar-refractivity contribution in [3.05, 3.63) is 78.4 Å². The maximum Gasteiger partial charge on any atom is 0.255 e. The standard InChI is InChI=1S/C24H25N5O2/c30-22-7-2-1-5-20(22)27-24(31)19-16-28(21-6-3-12-25-23(19)21)15-17-8-10-18(11-9-17)29-14-4-13-26-29/h3-4,6,8-14,16,20,22,30H,1-2,5,7,15H2,(H,27,31)/t20?,22-/m1/s1. The van der Waals surface area contributed by atoms with Gasteiger partial charge in [0, 0.05) is 31.3 Å². The number of fused-ring (bicyclic) bond motifs is 1. The number of aromatic nitrogens is 4. The first kappa shape index (κ1) is 19.5. The summed E-state index contributed by atoms with van der Waals surface area (Å²) in [5, 5.41) is 17.5. The van der Waals surface area contributed by atoms with E-state index in [-0.39, 0.29) is 11.9 Å². The van der Waals surface area contributed by atoms with Crippen molar-refractivity contribution in [3.63, 3.8) is 0 Å². The maximum atomic E-state index is 13.0. The minimum atomic E-state index is -0.479. The van der Waals surface area contributed by atoms with Crippen molar-refractivity contribution in [2.45, 2.75) is 44.4 Å². The van der Waals surface area contributed by atoms with Crippen LogP contribution in [0.15, 0.2) is 67.3 Å². The second-order valence-electron chi connectivity index (χ2n) is 8.09. The summed E-state index contributed by atoms with van der Waals surface area (Å²) in [5.74, 6) is -0.178. The first-order valence-corrected chi connectivity index (χ1v) is 10.7. The predicted molar refractivity (Wildman–Crippen MR) is 118 cm³/mol. The number of carbonyl (C=O) groups excluding carboxylic acids is 1. The molecule has 158 valence electrons. The fraction of sp³-hybridized carbons (Fsp3) is 0.292. The van der Waals surface area contributed by atoms with Gasteiger partial charge in [-0.1, -0.05) is 25.0 Å². The second kappa shape index (κ2) is 8.35. The smallest absolute Gasteiger partial charge is 0.255 e. The minimum Gasteiger partial charge on any atom is -0.391 e. The van der Waals surface area contributed by atoms with Crippen molar-refractivity contribution in [3.8, 4) is 5.69 Å². The van der Waals surface area contributed by atoms with Gasteiger partial charge in [-0.05, 0) is 48.7 Å². The van der Waals surface area contributed by atoms with Crippen molar-refractivity contribution >= 4 is 16.9 Å². The van der Waals surface area contributed by atoms with Crippen LogP contribution >= 0.6 is 0 Å². The van der Waals surface area contributed by atoms with Gasteiger partial charge in [0.1, 0.15) is 5.52 Å². The molecule has 0 spiro atoms. The van der Waals surface area contributed by atoms with Crippen LogP contribution in [0.4, 0.5) is 0 Å². The summed E-state index contributed by atoms with van der Waals surface area (Å²) in [6.07, 6.45) is 10.3. The highest BCUT2D eigenvalue weighted by atomic mass is 16.3. The Kier molecular flexibility index (Phi) is 5.26. The van der Waals surface area contributed by atoms with Gasteiger partial charge >= 0.3 is 0 Å². The molecule has 7 nitrogen and oxygen atoms in total. The van der Waals surface area contributed by atoms with Crippen LogP contribution in [-0.4, -0.2) is 42.5 Å². The van der Waals surface area contributed by atoms with Gasteiger partial charge in [0.25, 0.3) is 5.91 Å². The summed E-state index contributed by atoms with van der Waals surface area (Å²) in [7, 11) is 0. The van der Waals surface area contributed by atoms with Crippen LogP contribution in [-0.2, 0) is 6.54 Å². The summed E-state index contributed by atoms with van der Waals surface area (Å²) in [5.41, 5.74) is 4.25. The lowest BCUT2D eigenvalue weighted by molar-refractivity contribution is 0.0718. The Labute approximate surface area is 180 Å². The summed E-state index contributed by atoms with van der Waals surface area (Å²) in [6.45, 7) is 0.626. The van der Waals surface area contributed by atoms with Crippen molar-refractivity contribution in [2.24, 2.45) is 0 Å². The summed E-state index contributed by atoms with van der Waals surface area (Å²) < 4.78 is 3.87. The van der Waals surface area contributed by atoms with Gasteiger partial charge in [-0.15, -0.1) is 0 Å². The largest absolute Gasteiger partial charge is 0.391 e. The Morgan fingerprint density at radius 3 is 2.71 bits per heavy atom. The average Bonchev–Trinajstić information content (AvgIpc) is 3.45. The number of rotatable bonds is 5. The van der Waals surface area contributed by atoms with Gasteiger partial charge in [0.2, 0.25) is 0 Å². The Morgan fingerprint density at radius 2 is 1.94 bits per heavy atom. The lowest BCUT2D eigenvalue weighted by Gasteiger charge is -2.28. The zero-order valence-electron chi connectivity index (χ0n) is 17.2. The van der Waals surface area contributed by atoms with Crippen LogP contribution in [0.2, 0.25) is 0 Å². The van der Waals surface area contributed by atoms with Gasteiger partial charge in [-0.25, -0.2) is 4.68 Å². The van der Waals surface area contributed by atoms with Crippen LogP contribution < -0.4 is 5.32 Å². The molecule has 0 aliphatic heterocycles. The van der Waals surface area contributed by atoms with E-state index < -0.39 is 6.10 Å². The molecule has 7 heteroatoms. The van der Waals surface area contributed by atoms with Gasteiger partial charge in [-0.3, -0.25) is 9.78 Å². The molecule has 2 atom stereocenters. The van der Waals surface area contributed by atoms with E-state index in [0.29, 0.717) is 17.6 Å². The second-order valence-corrected chi connectivity index (χ2v) is 8.09. The van der Waals surface area contributed by atoms with E-state index in [1.165, 1.54) is 0 Å². The number of aliphatic hydroxyl groups is 1. The quantitative estimate of drug-likeness (QED) is 0.524. The third-order valence-electron chi connectivity index (χ3n) is 5.98. The highest BCUT2D eigenvalue weighted by Crippen LogP contribution is 2.23. The molecule has 5 rings (SSSR count). The number of amides is 1. The lowest BCUT2D eigenvalue weighted by Crippen LogP contribution is -2.45. The number of carbonyl (C=O) groups is 1. The zero-order chi connectivity index (χ0) is 21.2. The molecule has 0 saturated heterocycles. The van der Waals surface area contributed by atoms with E-state index in [1.807, 2.05) is 47.4 Å². The van der Waals surface area contributed by atoms with Crippen molar-refractivity contribution in [1.29, 1.82) is 0 Å².